The lowest BCUT2D eigenvalue weighted by Gasteiger charge is -2.10. The molecule has 0 spiro atoms. The normalized spacial score (nSPS) is 15.5. The second kappa shape index (κ2) is 8.69. The Bertz CT molecular complexity index is 890. The molecule has 4 nitrogen and oxygen atoms in total. The fraction of sp³-hybridized carbons (Fsp3) is 0.100. The fourth-order valence-electron chi connectivity index (χ4n) is 2.35. The van der Waals surface area contributed by atoms with Crippen LogP contribution in [0.4, 0.5) is 0 Å². The molecule has 1 saturated heterocycles. The first-order valence-electron chi connectivity index (χ1n) is 7.92. The van der Waals surface area contributed by atoms with E-state index >= 15 is 0 Å². The van der Waals surface area contributed by atoms with Crippen LogP contribution in [-0.4, -0.2) is 17.3 Å². The third kappa shape index (κ3) is 4.74. The topological polar surface area (TPSA) is 47.6 Å². The number of thiocarbonyl (C=S) groups is 1. The molecule has 0 unspecified atom stereocenters. The van der Waals surface area contributed by atoms with Crippen molar-refractivity contribution in [1.82, 2.24) is 5.32 Å². The highest BCUT2D eigenvalue weighted by atomic mass is 32.2. The maximum Gasteiger partial charge on any atom is 0.263 e. The molecule has 0 aliphatic carbocycles. The van der Waals surface area contributed by atoms with Crippen molar-refractivity contribution >= 4 is 40.3 Å². The molecule has 0 radical (unpaired) electrons. The average Bonchev–Trinajstić information content (AvgIpc) is 2.98. The van der Waals surface area contributed by atoms with Gasteiger partial charge in [-0.05, 0) is 29.8 Å². The molecule has 1 amide bonds. The van der Waals surface area contributed by atoms with Crippen molar-refractivity contribution in [3.05, 3.63) is 76.7 Å². The van der Waals surface area contributed by atoms with Crippen molar-refractivity contribution in [2.75, 3.05) is 7.11 Å². The molecular formula is C20H17NO3S2. The van der Waals surface area contributed by atoms with Crippen LogP contribution in [0.15, 0.2) is 65.6 Å². The van der Waals surface area contributed by atoms with Gasteiger partial charge in [-0.25, -0.2) is 0 Å². The Morgan fingerprint density at radius 2 is 2.04 bits per heavy atom. The van der Waals surface area contributed by atoms with E-state index in [9.17, 15) is 4.79 Å². The van der Waals surface area contributed by atoms with Gasteiger partial charge in [0.05, 0.1) is 12.0 Å². The molecule has 1 aliphatic rings. The number of allylic oxidation sites excluding steroid dienone is 2. The maximum absolute atomic E-state index is 11.6. The fourth-order valence-corrected chi connectivity index (χ4v) is 3.34. The molecule has 0 aromatic heterocycles. The van der Waals surface area contributed by atoms with E-state index in [1.165, 1.54) is 11.8 Å². The summed E-state index contributed by atoms with van der Waals surface area (Å²) in [5.74, 6) is 1.41. The lowest BCUT2D eigenvalue weighted by Crippen LogP contribution is -2.17. The Labute approximate surface area is 161 Å². The van der Waals surface area contributed by atoms with Crippen molar-refractivity contribution in [2.45, 2.75) is 6.61 Å². The van der Waals surface area contributed by atoms with Crippen molar-refractivity contribution in [3.63, 3.8) is 0 Å². The smallest absolute Gasteiger partial charge is 0.263 e. The third-order valence-electron chi connectivity index (χ3n) is 3.61. The van der Waals surface area contributed by atoms with Gasteiger partial charge in [-0.2, -0.15) is 0 Å². The minimum atomic E-state index is -0.160. The standard InChI is InChI=1S/C20H17NO3S2/c1-23-16-9-4-6-14(12-16)13-24-17-10-3-2-7-15(17)8-5-11-18-19(22)21-20(25)26-18/h2-12H,13H2,1H3,(H,21,22,25)/b8-5+,18-11-. The van der Waals surface area contributed by atoms with Gasteiger partial charge < -0.3 is 14.8 Å². The summed E-state index contributed by atoms with van der Waals surface area (Å²) in [4.78, 5) is 12.2. The van der Waals surface area contributed by atoms with E-state index in [1.807, 2.05) is 60.7 Å². The predicted molar refractivity (Wildman–Crippen MR) is 109 cm³/mol. The lowest BCUT2D eigenvalue weighted by molar-refractivity contribution is -0.115. The zero-order valence-corrected chi connectivity index (χ0v) is 15.7. The minimum Gasteiger partial charge on any atom is -0.497 e. The van der Waals surface area contributed by atoms with Crippen LogP contribution in [0.3, 0.4) is 0 Å². The van der Waals surface area contributed by atoms with Crippen LogP contribution in [0.25, 0.3) is 6.08 Å². The number of benzene rings is 2. The number of hydrogen-bond donors (Lipinski definition) is 1. The predicted octanol–water partition coefficient (Wildman–Crippen LogP) is 4.32. The van der Waals surface area contributed by atoms with Crippen LogP contribution in [0.1, 0.15) is 11.1 Å². The van der Waals surface area contributed by atoms with Gasteiger partial charge in [0.2, 0.25) is 0 Å². The van der Waals surface area contributed by atoms with Gasteiger partial charge in [-0.15, -0.1) is 0 Å². The zero-order chi connectivity index (χ0) is 18.4. The highest BCUT2D eigenvalue weighted by Gasteiger charge is 2.20. The van der Waals surface area contributed by atoms with Crippen molar-refractivity contribution < 1.29 is 14.3 Å². The molecule has 2 aromatic rings. The van der Waals surface area contributed by atoms with E-state index in [-0.39, 0.29) is 5.91 Å². The Morgan fingerprint density at radius 3 is 2.81 bits per heavy atom. The van der Waals surface area contributed by atoms with Gasteiger partial charge in [0.1, 0.15) is 22.4 Å². The van der Waals surface area contributed by atoms with Gasteiger partial charge >= 0.3 is 0 Å². The summed E-state index contributed by atoms with van der Waals surface area (Å²) in [6.45, 7) is 0.440. The van der Waals surface area contributed by atoms with Crippen molar-refractivity contribution in [3.8, 4) is 11.5 Å². The number of methoxy groups -OCH3 is 1. The van der Waals surface area contributed by atoms with E-state index in [4.69, 9.17) is 21.7 Å². The first-order chi connectivity index (χ1) is 12.7. The largest absolute Gasteiger partial charge is 0.497 e. The number of rotatable bonds is 6. The number of carbonyl (C=O) groups excluding carboxylic acids is 1. The Balaban J connectivity index is 1.70. The molecule has 0 bridgehead atoms. The molecule has 3 rings (SSSR count). The third-order valence-corrected chi connectivity index (χ3v) is 4.79. The number of amides is 1. The highest BCUT2D eigenvalue weighted by Crippen LogP contribution is 2.25. The van der Waals surface area contributed by atoms with Crippen LogP contribution >= 0.6 is 24.0 Å². The molecule has 2 aromatic carbocycles. The van der Waals surface area contributed by atoms with Crippen LogP contribution in [0.2, 0.25) is 0 Å². The SMILES string of the molecule is COc1cccc(COc2ccccc2/C=C/C=C2\SC(=S)NC2=O)c1. The van der Waals surface area contributed by atoms with Gasteiger partial charge in [-0.1, -0.05) is 66.5 Å². The van der Waals surface area contributed by atoms with Gasteiger partial charge in [0.25, 0.3) is 5.91 Å². The van der Waals surface area contributed by atoms with Gasteiger partial charge in [-0.3, -0.25) is 4.79 Å². The average molecular weight is 383 g/mol. The highest BCUT2D eigenvalue weighted by molar-refractivity contribution is 8.26. The minimum absolute atomic E-state index is 0.160. The lowest BCUT2D eigenvalue weighted by atomic mass is 10.2. The maximum atomic E-state index is 11.6. The number of nitrogens with one attached hydrogen (secondary N) is 1. The van der Waals surface area contributed by atoms with Crippen LogP contribution in [0, 0.1) is 0 Å². The molecular weight excluding hydrogens is 366 g/mol. The summed E-state index contributed by atoms with van der Waals surface area (Å²) in [6.07, 6.45) is 5.48. The van der Waals surface area contributed by atoms with E-state index in [0.29, 0.717) is 15.8 Å². The number of ether oxygens (including phenoxy) is 2. The van der Waals surface area contributed by atoms with E-state index in [2.05, 4.69) is 5.32 Å². The first kappa shape index (κ1) is 18.2. The Kier molecular flexibility index (Phi) is 6.09. The van der Waals surface area contributed by atoms with Crippen LogP contribution < -0.4 is 14.8 Å². The van der Waals surface area contributed by atoms with Crippen LogP contribution in [-0.2, 0) is 11.4 Å². The molecule has 26 heavy (non-hydrogen) atoms. The monoisotopic (exact) mass is 383 g/mol. The number of thioether (sulfide) groups is 1. The summed E-state index contributed by atoms with van der Waals surface area (Å²) in [6, 6.07) is 15.5. The number of hydrogen-bond acceptors (Lipinski definition) is 5. The van der Waals surface area contributed by atoms with Crippen LogP contribution in [0.5, 0.6) is 11.5 Å². The molecule has 0 atom stereocenters. The van der Waals surface area contributed by atoms with Gasteiger partial charge in [0, 0.05) is 5.56 Å². The summed E-state index contributed by atoms with van der Waals surface area (Å²) < 4.78 is 11.7. The van der Waals surface area contributed by atoms with E-state index < -0.39 is 0 Å². The summed E-state index contributed by atoms with van der Waals surface area (Å²) in [5, 5.41) is 2.59. The first-order valence-corrected chi connectivity index (χ1v) is 9.14. The molecule has 1 fully saturated rings. The summed E-state index contributed by atoms with van der Waals surface area (Å²) in [5.41, 5.74) is 1.95. The van der Waals surface area contributed by atoms with Gasteiger partial charge in [0.15, 0.2) is 0 Å². The summed E-state index contributed by atoms with van der Waals surface area (Å²) in [7, 11) is 1.64. The molecule has 1 N–H and O–H groups in total. The van der Waals surface area contributed by atoms with Crippen molar-refractivity contribution in [2.24, 2.45) is 0 Å². The van der Waals surface area contributed by atoms with E-state index in [0.717, 1.165) is 22.6 Å². The summed E-state index contributed by atoms with van der Waals surface area (Å²) >= 11 is 6.24. The van der Waals surface area contributed by atoms with E-state index in [1.54, 1.807) is 13.2 Å². The zero-order valence-electron chi connectivity index (χ0n) is 14.1. The Hall–Kier alpha value is -2.57. The van der Waals surface area contributed by atoms with Crippen molar-refractivity contribution in [1.29, 1.82) is 0 Å². The Morgan fingerprint density at radius 1 is 1.19 bits per heavy atom. The molecule has 0 saturated carbocycles. The number of para-hydroxylation sites is 1. The molecule has 1 aliphatic heterocycles. The second-order valence-corrected chi connectivity index (χ2v) is 7.13. The molecule has 1 heterocycles. The quantitative estimate of drug-likeness (QED) is 0.595. The number of carbonyl (C=O) groups is 1. The molecule has 6 heteroatoms. The molecule has 132 valence electrons. The second-order valence-electron chi connectivity index (χ2n) is 5.41.